The molecule has 7 nitrogen and oxygen atoms in total. The van der Waals surface area contributed by atoms with Gasteiger partial charge in [-0.05, 0) is 24.6 Å². The summed E-state index contributed by atoms with van der Waals surface area (Å²) in [6, 6.07) is 5.64. The van der Waals surface area contributed by atoms with Crippen LogP contribution in [0.5, 0.6) is 11.5 Å². The van der Waals surface area contributed by atoms with E-state index >= 15 is 0 Å². The summed E-state index contributed by atoms with van der Waals surface area (Å²) in [4.78, 5) is 6.81. The van der Waals surface area contributed by atoms with Crippen LogP contribution in [0.15, 0.2) is 23.2 Å². The van der Waals surface area contributed by atoms with Gasteiger partial charge in [0.15, 0.2) is 17.5 Å². The summed E-state index contributed by atoms with van der Waals surface area (Å²) >= 11 is 0. The maximum atomic E-state index is 12.5. The fourth-order valence-electron chi connectivity index (χ4n) is 3.22. The summed E-state index contributed by atoms with van der Waals surface area (Å²) < 4.78 is 53.6. The zero-order valence-corrected chi connectivity index (χ0v) is 17.7. The van der Waals surface area contributed by atoms with Gasteiger partial charge in [0.05, 0.1) is 46.4 Å². The lowest BCUT2D eigenvalue weighted by atomic mass is 10.0. The second kappa shape index (κ2) is 11.8. The first-order valence-electron chi connectivity index (χ1n) is 10.0. The lowest BCUT2D eigenvalue weighted by Gasteiger charge is -2.34. The van der Waals surface area contributed by atoms with Gasteiger partial charge >= 0.3 is 6.18 Å². The van der Waals surface area contributed by atoms with E-state index in [1.54, 1.807) is 14.2 Å². The molecular formula is C20H31F3N4O3. The number of nitrogens with zero attached hydrogens (tertiary/aromatic N) is 2. The van der Waals surface area contributed by atoms with E-state index in [2.05, 4.69) is 20.5 Å². The van der Waals surface area contributed by atoms with Crippen LogP contribution in [0.1, 0.15) is 24.9 Å². The van der Waals surface area contributed by atoms with Crippen molar-refractivity contribution >= 4 is 5.96 Å². The molecule has 1 aliphatic heterocycles. The highest BCUT2D eigenvalue weighted by Crippen LogP contribution is 2.32. The first-order valence-corrected chi connectivity index (χ1v) is 10.0. The number of guanidine groups is 1. The van der Waals surface area contributed by atoms with E-state index in [1.165, 1.54) is 0 Å². The summed E-state index contributed by atoms with van der Waals surface area (Å²) in [5, 5.41) is 5.76. The van der Waals surface area contributed by atoms with Crippen LogP contribution >= 0.6 is 0 Å². The Morgan fingerprint density at radius 3 is 2.47 bits per heavy atom. The number of morpholine rings is 1. The van der Waals surface area contributed by atoms with Gasteiger partial charge in [-0.3, -0.25) is 9.89 Å². The van der Waals surface area contributed by atoms with Crippen molar-refractivity contribution in [1.82, 2.24) is 15.5 Å². The number of hydrogen-bond acceptors (Lipinski definition) is 5. The number of hydrogen-bond donors (Lipinski definition) is 2. The highest BCUT2D eigenvalue weighted by atomic mass is 19.4. The van der Waals surface area contributed by atoms with Crippen LogP contribution in [-0.4, -0.2) is 77.2 Å². The molecule has 10 heteroatoms. The third-order valence-electron chi connectivity index (χ3n) is 4.75. The molecule has 1 aliphatic rings. The average Bonchev–Trinajstić information content (AvgIpc) is 2.73. The van der Waals surface area contributed by atoms with Crippen molar-refractivity contribution in [2.24, 2.45) is 4.99 Å². The van der Waals surface area contributed by atoms with E-state index in [-0.39, 0.29) is 12.6 Å². The molecular weight excluding hydrogens is 401 g/mol. The quantitative estimate of drug-likeness (QED) is 0.462. The molecule has 0 amide bonds. The van der Waals surface area contributed by atoms with E-state index in [0.29, 0.717) is 43.8 Å². The molecule has 0 aromatic heterocycles. The Bertz CT molecular complexity index is 680. The Hall–Kier alpha value is -2.20. The molecule has 0 aliphatic carbocycles. The van der Waals surface area contributed by atoms with Crippen molar-refractivity contribution < 1.29 is 27.4 Å². The molecule has 2 rings (SSSR count). The lowest BCUT2D eigenvalue weighted by molar-refractivity contribution is -0.132. The van der Waals surface area contributed by atoms with E-state index in [0.717, 1.165) is 18.7 Å². The molecule has 0 bridgehead atoms. The van der Waals surface area contributed by atoms with Crippen LogP contribution < -0.4 is 20.1 Å². The maximum absolute atomic E-state index is 12.5. The number of benzene rings is 1. The second-order valence-corrected chi connectivity index (χ2v) is 6.79. The highest BCUT2D eigenvalue weighted by Gasteiger charge is 2.27. The molecule has 1 unspecified atom stereocenters. The van der Waals surface area contributed by atoms with Gasteiger partial charge in [0.25, 0.3) is 0 Å². The number of alkyl halides is 3. The molecule has 30 heavy (non-hydrogen) atoms. The average molecular weight is 432 g/mol. The Morgan fingerprint density at radius 2 is 1.87 bits per heavy atom. The summed E-state index contributed by atoms with van der Waals surface area (Å²) in [7, 11) is 3.16. The van der Waals surface area contributed by atoms with Gasteiger partial charge in [-0.25, -0.2) is 0 Å². The minimum Gasteiger partial charge on any atom is -0.493 e. The van der Waals surface area contributed by atoms with E-state index in [4.69, 9.17) is 14.2 Å². The molecule has 1 aromatic carbocycles. The van der Waals surface area contributed by atoms with Crippen molar-refractivity contribution in [1.29, 1.82) is 0 Å². The van der Waals surface area contributed by atoms with Crippen molar-refractivity contribution in [3.63, 3.8) is 0 Å². The fraction of sp³-hybridized carbons (Fsp3) is 0.650. The van der Waals surface area contributed by atoms with Crippen molar-refractivity contribution in [3.8, 4) is 11.5 Å². The molecule has 1 aromatic rings. The largest absolute Gasteiger partial charge is 0.493 e. The van der Waals surface area contributed by atoms with Crippen LogP contribution in [0.3, 0.4) is 0 Å². The number of rotatable bonds is 9. The number of ether oxygens (including phenoxy) is 3. The SMILES string of the molecule is CCNC(=NCC(c1ccc(OC)c(OC)c1)N1CCOCC1)NCCC(F)(F)F. The summed E-state index contributed by atoms with van der Waals surface area (Å²) in [5.74, 6) is 1.61. The Labute approximate surface area is 175 Å². The molecule has 1 heterocycles. The number of aliphatic imine (C=N–C) groups is 1. The second-order valence-electron chi connectivity index (χ2n) is 6.79. The predicted octanol–water partition coefficient (Wildman–Crippen LogP) is 2.58. The molecule has 1 saturated heterocycles. The zero-order chi connectivity index (χ0) is 22.0. The van der Waals surface area contributed by atoms with E-state index in [9.17, 15) is 13.2 Å². The zero-order valence-electron chi connectivity index (χ0n) is 17.7. The van der Waals surface area contributed by atoms with Gasteiger partial charge in [-0.1, -0.05) is 6.07 Å². The molecule has 0 saturated carbocycles. The van der Waals surface area contributed by atoms with Gasteiger partial charge in [0.2, 0.25) is 0 Å². The van der Waals surface area contributed by atoms with Crippen LogP contribution in [0.2, 0.25) is 0 Å². The van der Waals surface area contributed by atoms with E-state index < -0.39 is 12.6 Å². The van der Waals surface area contributed by atoms with Gasteiger partial charge in [-0.15, -0.1) is 0 Å². The smallest absolute Gasteiger partial charge is 0.390 e. The van der Waals surface area contributed by atoms with Crippen molar-refractivity contribution in [2.45, 2.75) is 25.6 Å². The third kappa shape index (κ3) is 7.56. The minimum atomic E-state index is -4.21. The molecule has 0 spiro atoms. The van der Waals surface area contributed by atoms with Crippen molar-refractivity contribution in [2.75, 3.05) is 60.2 Å². The van der Waals surface area contributed by atoms with Crippen LogP contribution in [0, 0.1) is 0 Å². The van der Waals surface area contributed by atoms with Crippen LogP contribution in [0.4, 0.5) is 13.2 Å². The Balaban J connectivity index is 2.20. The van der Waals surface area contributed by atoms with Crippen molar-refractivity contribution in [3.05, 3.63) is 23.8 Å². The standard InChI is InChI=1S/C20H31F3N4O3/c1-4-24-19(25-8-7-20(21,22)23)26-14-16(27-9-11-30-12-10-27)15-5-6-17(28-2)18(13-15)29-3/h5-6,13,16H,4,7-12,14H2,1-3H3,(H2,24,25,26). The monoisotopic (exact) mass is 432 g/mol. The lowest BCUT2D eigenvalue weighted by Crippen LogP contribution is -2.42. The number of methoxy groups -OCH3 is 2. The van der Waals surface area contributed by atoms with Gasteiger partial charge < -0.3 is 24.8 Å². The first-order chi connectivity index (χ1) is 14.4. The summed E-state index contributed by atoms with van der Waals surface area (Å²) in [5.41, 5.74) is 0.990. The molecule has 1 atom stereocenters. The molecule has 0 radical (unpaired) electrons. The Kier molecular flexibility index (Phi) is 9.51. The van der Waals surface area contributed by atoms with Crippen LogP contribution in [0.25, 0.3) is 0 Å². The normalized spacial score (nSPS) is 16.8. The van der Waals surface area contributed by atoms with Gasteiger partial charge in [0, 0.05) is 26.2 Å². The highest BCUT2D eigenvalue weighted by molar-refractivity contribution is 5.79. The fourth-order valence-corrected chi connectivity index (χ4v) is 3.22. The summed E-state index contributed by atoms with van der Waals surface area (Å²) in [6.07, 6.45) is -5.12. The topological polar surface area (TPSA) is 67.4 Å². The first kappa shape index (κ1) is 24.1. The van der Waals surface area contributed by atoms with Gasteiger partial charge in [-0.2, -0.15) is 13.2 Å². The van der Waals surface area contributed by atoms with Gasteiger partial charge in [0.1, 0.15) is 0 Å². The molecule has 1 fully saturated rings. The molecule has 170 valence electrons. The van der Waals surface area contributed by atoms with E-state index in [1.807, 2.05) is 25.1 Å². The number of nitrogens with one attached hydrogen (secondary N) is 2. The third-order valence-corrected chi connectivity index (χ3v) is 4.75. The summed E-state index contributed by atoms with van der Waals surface area (Å²) in [6.45, 7) is 5.30. The number of halogens is 3. The Morgan fingerprint density at radius 1 is 1.17 bits per heavy atom. The molecule has 2 N–H and O–H groups in total. The predicted molar refractivity (Wildman–Crippen MR) is 109 cm³/mol. The maximum Gasteiger partial charge on any atom is 0.390 e. The van der Waals surface area contributed by atoms with Crippen LogP contribution in [-0.2, 0) is 4.74 Å². The minimum absolute atomic E-state index is 0.0771.